The van der Waals surface area contributed by atoms with Gasteiger partial charge < -0.3 is 10.4 Å². The van der Waals surface area contributed by atoms with E-state index < -0.39 is 74.6 Å². The number of hydrogen-bond acceptors (Lipinski definition) is 5. The number of amides is 2. The minimum atomic E-state index is -2.32. The van der Waals surface area contributed by atoms with E-state index in [2.05, 4.69) is 5.32 Å². The first-order valence-corrected chi connectivity index (χ1v) is 9.97. The first-order chi connectivity index (χ1) is 13.6. The average Bonchev–Trinajstić information content (AvgIpc) is 2.68. The summed E-state index contributed by atoms with van der Waals surface area (Å²) in [7, 11) is 0. The van der Waals surface area contributed by atoms with Crippen molar-refractivity contribution in [3.63, 3.8) is 0 Å². The summed E-state index contributed by atoms with van der Waals surface area (Å²) in [6, 6.07) is -1.12. The molecule has 6 nitrogen and oxygen atoms in total. The summed E-state index contributed by atoms with van der Waals surface area (Å²) in [5, 5.41) is 10.6. The second-order valence-electron chi connectivity index (χ2n) is 5.70. The quantitative estimate of drug-likeness (QED) is 0.224. The maximum Gasteiger partial charge on any atom is 0.353 e. The second kappa shape index (κ2) is 8.03. The van der Waals surface area contributed by atoms with E-state index in [0.717, 1.165) is 16.7 Å². The van der Waals surface area contributed by atoms with Gasteiger partial charge in [-0.3, -0.25) is 14.5 Å². The Kier molecular flexibility index (Phi) is 6.01. The molecule has 0 bridgehead atoms. The number of rotatable bonds is 5. The monoisotopic (exact) mass is 474 g/mol. The minimum absolute atomic E-state index is 0.0428. The molecule has 0 saturated carbocycles. The van der Waals surface area contributed by atoms with Crippen LogP contribution in [0.25, 0.3) is 0 Å². The summed E-state index contributed by atoms with van der Waals surface area (Å²) in [6.45, 7) is 0. The summed E-state index contributed by atoms with van der Waals surface area (Å²) in [4.78, 5) is 35.1. The van der Waals surface area contributed by atoms with Gasteiger partial charge >= 0.3 is 5.97 Å². The fourth-order valence-corrected chi connectivity index (χ4v) is 4.99. The lowest BCUT2D eigenvalue weighted by atomic mass is 10.1. The molecular weight excluding hydrogens is 467 g/mol. The Hall–Kier alpha value is -1.99. The second-order valence-corrected chi connectivity index (χ2v) is 8.25. The van der Waals surface area contributed by atoms with E-state index in [1.54, 1.807) is 0 Å². The number of nitrogens with zero attached hydrogens (tertiary/aromatic N) is 1. The number of β-lactam (4-membered cyclic amide) rings is 1. The largest absolute Gasteiger partial charge is 0.477 e. The van der Waals surface area contributed by atoms with Gasteiger partial charge in [0.05, 0.1) is 15.7 Å². The van der Waals surface area contributed by atoms with Gasteiger partial charge in [0.1, 0.15) is 17.1 Å². The van der Waals surface area contributed by atoms with Gasteiger partial charge in [-0.05, 0) is 0 Å². The number of carbonyl (C=O) groups excluding carboxylic acids is 2. The molecule has 29 heavy (non-hydrogen) atoms. The highest BCUT2D eigenvalue weighted by molar-refractivity contribution is 8.00. The molecule has 2 N–H and O–H groups in total. The van der Waals surface area contributed by atoms with Crippen LogP contribution in [0.4, 0.5) is 22.0 Å². The molecule has 0 radical (unpaired) electrons. The Bertz CT molecular complexity index is 948. The average molecular weight is 475 g/mol. The number of carbonyl (C=O) groups is 3. The zero-order valence-corrected chi connectivity index (χ0v) is 16.2. The molecule has 0 aromatic heterocycles. The van der Waals surface area contributed by atoms with Crippen LogP contribution < -0.4 is 5.32 Å². The van der Waals surface area contributed by atoms with Crippen LogP contribution in [0.15, 0.2) is 15.6 Å². The zero-order valence-electron chi connectivity index (χ0n) is 13.8. The van der Waals surface area contributed by atoms with Crippen LogP contribution in [-0.4, -0.2) is 50.7 Å². The number of carboxylic acid groups (broad SMARTS) is 1. The molecule has 3 rings (SSSR count). The SMILES string of the molecule is O=C(CSc1c(F)c(F)c(F)c(F)c1F)N[C@@H]1C(=O)N2C(C(=O)O)=C(Cl)CS[C@H]12. The summed E-state index contributed by atoms with van der Waals surface area (Å²) in [6.07, 6.45) is 0. The predicted octanol–water partition coefficient (Wildman–Crippen LogP) is 2.41. The van der Waals surface area contributed by atoms with Crippen molar-refractivity contribution in [3.8, 4) is 0 Å². The van der Waals surface area contributed by atoms with Gasteiger partial charge in [0.2, 0.25) is 11.7 Å². The standard InChI is InChI=1S/C15H8ClF5N2O4S2/c16-3-1-29-14-10(13(25)23(14)11(3)15(26)27)22-4(24)2-28-12-8(20)6(18)5(17)7(19)9(12)21/h10,14H,1-2H2,(H,22,24)(H,26,27)/t10-,14-/m1/s1. The van der Waals surface area contributed by atoms with Gasteiger partial charge in [-0.25, -0.2) is 26.7 Å². The molecule has 156 valence electrons. The van der Waals surface area contributed by atoms with Gasteiger partial charge in [-0.2, -0.15) is 0 Å². The molecule has 2 aliphatic rings. The Morgan fingerprint density at radius 1 is 1.14 bits per heavy atom. The third-order valence-electron chi connectivity index (χ3n) is 3.96. The zero-order chi connectivity index (χ0) is 21.6. The van der Waals surface area contributed by atoms with Crippen LogP contribution in [0.2, 0.25) is 0 Å². The van der Waals surface area contributed by atoms with Crippen LogP contribution in [0.5, 0.6) is 0 Å². The van der Waals surface area contributed by atoms with Crippen molar-refractivity contribution in [3.05, 3.63) is 39.8 Å². The molecule has 2 atom stereocenters. The third kappa shape index (κ3) is 3.66. The molecule has 1 saturated heterocycles. The Morgan fingerprint density at radius 2 is 1.69 bits per heavy atom. The highest BCUT2D eigenvalue weighted by Gasteiger charge is 2.54. The summed E-state index contributed by atoms with van der Waals surface area (Å²) in [5.74, 6) is -14.5. The van der Waals surface area contributed by atoms with Crippen molar-refractivity contribution >= 4 is 52.9 Å². The Morgan fingerprint density at radius 3 is 2.24 bits per heavy atom. The number of benzene rings is 1. The van der Waals surface area contributed by atoms with Gasteiger partial charge in [-0.15, -0.1) is 23.5 Å². The van der Waals surface area contributed by atoms with E-state index in [1.807, 2.05) is 0 Å². The van der Waals surface area contributed by atoms with E-state index in [-0.39, 0.29) is 22.5 Å². The van der Waals surface area contributed by atoms with Gasteiger partial charge in [0.25, 0.3) is 5.91 Å². The fourth-order valence-electron chi connectivity index (χ4n) is 2.65. The van der Waals surface area contributed by atoms with E-state index in [0.29, 0.717) is 0 Å². The number of carboxylic acids is 1. The van der Waals surface area contributed by atoms with Crippen LogP contribution in [-0.2, 0) is 14.4 Å². The molecule has 2 aliphatic heterocycles. The molecule has 0 spiro atoms. The maximum atomic E-state index is 13.6. The van der Waals surface area contributed by atoms with E-state index in [1.165, 1.54) is 0 Å². The van der Waals surface area contributed by atoms with Crippen LogP contribution in [0.1, 0.15) is 0 Å². The van der Waals surface area contributed by atoms with Crippen molar-refractivity contribution in [2.75, 3.05) is 11.5 Å². The van der Waals surface area contributed by atoms with E-state index in [9.17, 15) is 36.3 Å². The highest BCUT2D eigenvalue weighted by atomic mass is 35.5. The van der Waals surface area contributed by atoms with Gasteiger partial charge in [0, 0.05) is 5.75 Å². The fraction of sp³-hybridized carbons (Fsp3) is 0.267. The molecule has 0 unspecified atom stereocenters. The molecule has 1 aromatic carbocycles. The molecule has 2 amide bonds. The predicted molar refractivity (Wildman–Crippen MR) is 92.5 cm³/mol. The number of hydrogen-bond donors (Lipinski definition) is 2. The smallest absolute Gasteiger partial charge is 0.353 e. The van der Waals surface area contributed by atoms with Gasteiger partial charge in [0.15, 0.2) is 23.3 Å². The van der Waals surface area contributed by atoms with Crippen molar-refractivity contribution in [2.24, 2.45) is 0 Å². The first-order valence-electron chi connectivity index (χ1n) is 7.56. The number of aliphatic carboxylic acids is 1. The minimum Gasteiger partial charge on any atom is -0.477 e. The van der Waals surface area contributed by atoms with Crippen LogP contribution in [0, 0.1) is 29.1 Å². The normalized spacial score (nSPS) is 21.0. The van der Waals surface area contributed by atoms with Crippen molar-refractivity contribution in [1.82, 2.24) is 10.2 Å². The van der Waals surface area contributed by atoms with Crippen LogP contribution in [0.3, 0.4) is 0 Å². The highest BCUT2D eigenvalue weighted by Crippen LogP contribution is 2.41. The van der Waals surface area contributed by atoms with Gasteiger partial charge in [-0.1, -0.05) is 11.6 Å². The summed E-state index contributed by atoms with van der Waals surface area (Å²) >= 11 is 6.97. The first kappa shape index (κ1) is 21.7. The lowest BCUT2D eigenvalue weighted by Crippen LogP contribution is -2.70. The molecule has 1 aromatic rings. The summed E-state index contributed by atoms with van der Waals surface area (Å²) < 4.78 is 66.6. The van der Waals surface area contributed by atoms with Crippen molar-refractivity contribution < 1.29 is 41.4 Å². The number of halogens is 6. The molecule has 1 fully saturated rings. The Balaban J connectivity index is 1.67. The third-order valence-corrected chi connectivity index (χ3v) is 6.76. The van der Waals surface area contributed by atoms with E-state index in [4.69, 9.17) is 16.7 Å². The lowest BCUT2D eigenvalue weighted by Gasteiger charge is -2.48. The molecular formula is C15H8ClF5N2O4S2. The Labute approximate surface area is 172 Å². The van der Waals surface area contributed by atoms with Crippen molar-refractivity contribution in [1.29, 1.82) is 0 Å². The molecule has 0 aliphatic carbocycles. The number of thioether (sulfide) groups is 2. The number of nitrogens with one attached hydrogen (secondary N) is 1. The molecule has 14 heteroatoms. The summed E-state index contributed by atoms with van der Waals surface area (Å²) in [5.41, 5.74) is -0.401. The lowest BCUT2D eigenvalue weighted by molar-refractivity contribution is -0.150. The maximum absolute atomic E-state index is 13.6. The topological polar surface area (TPSA) is 86.7 Å². The number of fused-ring (bicyclic) bond motifs is 1. The van der Waals surface area contributed by atoms with Crippen LogP contribution >= 0.6 is 35.1 Å². The molecule has 2 heterocycles. The van der Waals surface area contributed by atoms with E-state index >= 15 is 0 Å². The van der Waals surface area contributed by atoms with Crippen molar-refractivity contribution in [2.45, 2.75) is 16.3 Å².